The SMILES string of the molecule is C[C@H]1CCN(CC(=O)NC/C=C\S(C)(=O)=O)[C@@H](c2ccccc2)C1. The highest BCUT2D eigenvalue weighted by Crippen LogP contribution is 2.33. The lowest BCUT2D eigenvalue weighted by atomic mass is 9.88. The molecule has 2 atom stereocenters. The molecule has 0 unspecified atom stereocenters. The van der Waals surface area contributed by atoms with E-state index in [1.165, 1.54) is 11.6 Å². The molecule has 1 amide bonds. The highest BCUT2D eigenvalue weighted by atomic mass is 32.2. The van der Waals surface area contributed by atoms with Crippen LogP contribution >= 0.6 is 0 Å². The molecule has 5 nitrogen and oxygen atoms in total. The van der Waals surface area contributed by atoms with E-state index in [1.807, 2.05) is 18.2 Å². The Morgan fingerprint density at radius 2 is 2.04 bits per heavy atom. The summed E-state index contributed by atoms with van der Waals surface area (Å²) in [6.45, 7) is 3.71. The van der Waals surface area contributed by atoms with Crippen LogP contribution in [0.3, 0.4) is 0 Å². The second-order valence-electron chi connectivity index (χ2n) is 6.53. The van der Waals surface area contributed by atoms with E-state index in [-0.39, 0.29) is 18.5 Å². The average molecular weight is 350 g/mol. The Labute approximate surface area is 144 Å². The van der Waals surface area contributed by atoms with Gasteiger partial charge in [-0.25, -0.2) is 8.42 Å². The fourth-order valence-electron chi connectivity index (χ4n) is 3.04. The van der Waals surface area contributed by atoms with Crippen LogP contribution in [0.4, 0.5) is 0 Å². The van der Waals surface area contributed by atoms with Crippen molar-refractivity contribution in [1.29, 1.82) is 0 Å². The third-order valence-electron chi connectivity index (χ3n) is 4.27. The molecule has 1 aromatic carbocycles. The fraction of sp³-hybridized carbons (Fsp3) is 0.500. The lowest BCUT2D eigenvalue weighted by Gasteiger charge is -2.38. The van der Waals surface area contributed by atoms with Crippen LogP contribution in [-0.2, 0) is 14.6 Å². The van der Waals surface area contributed by atoms with Crippen LogP contribution < -0.4 is 5.32 Å². The highest BCUT2D eigenvalue weighted by Gasteiger charge is 2.28. The lowest BCUT2D eigenvalue weighted by Crippen LogP contribution is -2.43. The summed E-state index contributed by atoms with van der Waals surface area (Å²) in [5, 5.41) is 3.87. The first-order chi connectivity index (χ1) is 11.3. The van der Waals surface area contributed by atoms with E-state index in [0.29, 0.717) is 12.5 Å². The topological polar surface area (TPSA) is 66.5 Å². The minimum Gasteiger partial charge on any atom is -0.351 e. The van der Waals surface area contributed by atoms with Gasteiger partial charge in [0.25, 0.3) is 0 Å². The van der Waals surface area contributed by atoms with Crippen LogP contribution in [0.15, 0.2) is 41.8 Å². The van der Waals surface area contributed by atoms with Gasteiger partial charge in [-0.05, 0) is 30.9 Å². The predicted octanol–water partition coefficient (Wildman–Crippen LogP) is 2.13. The molecule has 0 saturated carbocycles. The molecule has 24 heavy (non-hydrogen) atoms. The molecular formula is C18H26N2O3S. The molecule has 1 heterocycles. The Balaban J connectivity index is 1.93. The van der Waals surface area contributed by atoms with Crippen LogP contribution in [0.25, 0.3) is 0 Å². The first-order valence-electron chi connectivity index (χ1n) is 8.27. The summed E-state index contributed by atoms with van der Waals surface area (Å²) in [4.78, 5) is 14.4. The number of benzene rings is 1. The van der Waals surface area contributed by atoms with Gasteiger partial charge in [0.15, 0.2) is 9.84 Å². The lowest BCUT2D eigenvalue weighted by molar-refractivity contribution is -0.123. The first kappa shape index (κ1) is 18.7. The zero-order chi connectivity index (χ0) is 17.6. The van der Waals surface area contributed by atoms with Gasteiger partial charge in [0, 0.05) is 24.3 Å². The van der Waals surface area contributed by atoms with Gasteiger partial charge in [0.05, 0.1) is 6.54 Å². The molecule has 1 saturated heterocycles. The fourth-order valence-corrected chi connectivity index (χ4v) is 3.48. The predicted molar refractivity (Wildman–Crippen MR) is 96.1 cm³/mol. The first-order valence-corrected chi connectivity index (χ1v) is 10.2. The van der Waals surface area contributed by atoms with Crippen molar-refractivity contribution >= 4 is 15.7 Å². The van der Waals surface area contributed by atoms with E-state index in [2.05, 4.69) is 29.3 Å². The summed E-state index contributed by atoms with van der Waals surface area (Å²) in [5.74, 6) is 0.566. The molecule has 1 N–H and O–H groups in total. The van der Waals surface area contributed by atoms with Gasteiger partial charge in [-0.15, -0.1) is 0 Å². The number of carbonyl (C=O) groups is 1. The summed E-state index contributed by atoms with van der Waals surface area (Å²) in [6.07, 6.45) is 4.72. The normalized spacial score (nSPS) is 22.6. The maximum atomic E-state index is 12.2. The summed E-state index contributed by atoms with van der Waals surface area (Å²) in [7, 11) is -3.14. The van der Waals surface area contributed by atoms with E-state index >= 15 is 0 Å². The van der Waals surface area contributed by atoms with Crippen molar-refractivity contribution in [3.8, 4) is 0 Å². The summed E-state index contributed by atoms with van der Waals surface area (Å²) in [6, 6.07) is 10.5. The summed E-state index contributed by atoms with van der Waals surface area (Å²) < 4.78 is 22.0. The van der Waals surface area contributed by atoms with Crippen molar-refractivity contribution in [3.05, 3.63) is 47.4 Å². The van der Waals surface area contributed by atoms with Gasteiger partial charge in [-0.2, -0.15) is 0 Å². The van der Waals surface area contributed by atoms with Gasteiger partial charge in [-0.3, -0.25) is 9.69 Å². The molecule has 2 rings (SSSR count). The molecule has 0 aromatic heterocycles. The zero-order valence-corrected chi connectivity index (χ0v) is 15.1. The number of carbonyl (C=O) groups excluding carboxylic acids is 1. The Morgan fingerprint density at radius 1 is 1.33 bits per heavy atom. The Hall–Kier alpha value is -1.66. The molecule has 1 fully saturated rings. The molecule has 1 aliphatic heterocycles. The number of nitrogens with zero attached hydrogens (tertiary/aromatic N) is 1. The van der Waals surface area contributed by atoms with Crippen molar-refractivity contribution in [2.45, 2.75) is 25.8 Å². The number of hydrogen-bond acceptors (Lipinski definition) is 4. The van der Waals surface area contributed by atoms with E-state index in [4.69, 9.17) is 0 Å². The number of sulfone groups is 1. The van der Waals surface area contributed by atoms with Gasteiger partial charge in [-0.1, -0.05) is 43.3 Å². The molecule has 1 aromatic rings. The van der Waals surface area contributed by atoms with Crippen molar-refractivity contribution in [1.82, 2.24) is 10.2 Å². The second-order valence-corrected chi connectivity index (χ2v) is 8.46. The third kappa shape index (κ3) is 6.09. The van der Waals surface area contributed by atoms with E-state index in [1.54, 1.807) is 0 Å². The number of amides is 1. The number of hydrogen-bond donors (Lipinski definition) is 1. The molecule has 0 bridgehead atoms. The van der Waals surface area contributed by atoms with Crippen molar-refractivity contribution < 1.29 is 13.2 Å². The average Bonchev–Trinajstić information content (AvgIpc) is 2.53. The summed E-state index contributed by atoms with van der Waals surface area (Å²) in [5.41, 5.74) is 1.24. The van der Waals surface area contributed by atoms with Crippen LogP contribution in [0, 0.1) is 5.92 Å². The van der Waals surface area contributed by atoms with Crippen LogP contribution in [0.2, 0.25) is 0 Å². The van der Waals surface area contributed by atoms with E-state index < -0.39 is 9.84 Å². The third-order valence-corrected chi connectivity index (χ3v) is 4.95. The summed E-state index contributed by atoms with van der Waals surface area (Å²) >= 11 is 0. The Morgan fingerprint density at radius 3 is 2.71 bits per heavy atom. The highest BCUT2D eigenvalue weighted by molar-refractivity contribution is 7.93. The molecule has 1 aliphatic rings. The van der Waals surface area contributed by atoms with Crippen LogP contribution in [0.5, 0.6) is 0 Å². The van der Waals surface area contributed by atoms with Crippen molar-refractivity contribution in [2.24, 2.45) is 5.92 Å². The molecule has 0 spiro atoms. The van der Waals surface area contributed by atoms with Crippen LogP contribution in [-0.4, -0.2) is 45.1 Å². The number of nitrogens with one attached hydrogen (secondary N) is 1. The molecule has 132 valence electrons. The van der Waals surface area contributed by atoms with E-state index in [0.717, 1.165) is 31.1 Å². The van der Waals surface area contributed by atoms with Gasteiger partial charge < -0.3 is 5.32 Å². The zero-order valence-electron chi connectivity index (χ0n) is 14.3. The number of piperidine rings is 1. The molecular weight excluding hydrogens is 324 g/mol. The van der Waals surface area contributed by atoms with Crippen LogP contribution in [0.1, 0.15) is 31.4 Å². The largest absolute Gasteiger partial charge is 0.351 e. The Kier molecular flexibility index (Phi) is 6.57. The molecule has 0 radical (unpaired) electrons. The van der Waals surface area contributed by atoms with Gasteiger partial charge >= 0.3 is 0 Å². The molecule has 0 aliphatic carbocycles. The minimum absolute atomic E-state index is 0.0800. The standard InChI is InChI=1S/C18H26N2O3S/c1-15-9-11-20(17(13-15)16-7-4-3-5-8-16)14-18(21)19-10-6-12-24(2,22)23/h3-8,12,15,17H,9-11,13-14H2,1-2H3,(H,19,21)/b12-6-/t15-,17+/m0/s1. The number of rotatable bonds is 6. The second kappa shape index (κ2) is 8.44. The number of likely N-dealkylation sites (tertiary alicyclic amines) is 1. The monoisotopic (exact) mass is 350 g/mol. The molecule has 6 heteroatoms. The van der Waals surface area contributed by atoms with Gasteiger partial charge in [0.1, 0.15) is 0 Å². The van der Waals surface area contributed by atoms with E-state index in [9.17, 15) is 13.2 Å². The van der Waals surface area contributed by atoms with Gasteiger partial charge in [0.2, 0.25) is 5.91 Å². The maximum Gasteiger partial charge on any atom is 0.234 e. The maximum absolute atomic E-state index is 12.2. The Bertz CT molecular complexity index is 671. The van der Waals surface area contributed by atoms with Crippen molar-refractivity contribution in [2.75, 3.05) is 25.9 Å². The smallest absolute Gasteiger partial charge is 0.234 e. The minimum atomic E-state index is -3.14. The quantitative estimate of drug-likeness (QED) is 0.853. The van der Waals surface area contributed by atoms with Crippen molar-refractivity contribution in [3.63, 3.8) is 0 Å².